The van der Waals surface area contributed by atoms with Crippen LogP contribution in [0.4, 0.5) is 0 Å². The summed E-state index contributed by atoms with van der Waals surface area (Å²) < 4.78 is 0. The van der Waals surface area contributed by atoms with E-state index in [9.17, 15) is 0 Å². The first-order valence-electron chi connectivity index (χ1n) is 6.27. The van der Waals surface area contributed by atoms with E-state index in [1.165, 1.54) is 12.8 Å². The molecule has 0 saturated carbocycles. The fourth-order valence-corrected chi connectivity index (χ4v) is 2.84. The fourth-order valence-electron chi connectivity index (χ4n) is 2.51. The molecule has 0 atom stereocenters. The summed E-state index contributed by atoms with van der Waals surface area (Å²) in [4.78, 5) is 7.93. The minimum Gasteiger partial charge on any atom is -0.342 e. The van der Waals surface area contributed by atoms with Crippen LogP contribution in [-0.4, -0.2) is 23.1 Å². The summed E-state index contributed by atoms with van der Waals surface area (Å²) in [5.74, 6) is 1.76. The third-order valence-electron chi connectivity index (χ3n) is 3.51. The number of piperidine rings is 1. The van der Waals surface area contributed by atoms with Crippen LogP contribution in [0.3, 0.4) is 0 Å². The van der Waals surface area contributed by atoms with Gasteiger partial charge in [0.05, 0.1) is 21.1 Å². The summed E-state index contributed by atoms with van der Waals surface area (Å²) >= 11 is 12.0. The maximum Gasteiger partial charge on any atom is 0.107 e. The van der Waals surface area contributed by atoms with Crippen LogP contribution in [0.1, 0.15) is 18.7 Å². The van der Waals surface area contributed by atoms with Gasteiger partial charge in [-0.3, -0.25) is 0 Å². The number of hydrogen-bond donors (Lipinski definition) is 2. The second-order valence-corrected chi connectivity index (χ2v) is 5.68. The van der Waals surface area contributed by atoms with Crippen molar-refractivity contribution in [1.82, 2.24) is 15.3 Å². The molecule has 3 nitrogen and oxygen atoms in total. The van der Waals surface area contributed by atoms with Crippen molar-refractivity contribution < 1.29 is 0 Å². The molecule has 0 amide bonds. The number of aromatic nitrogens is 2. The van der Waals surface area contributed by atoms with Crippen LogP contribution in [0.25, 0.3) is 11.0 Å². The number of halogens is 2. The lowest BCUT2D eigenvalue weighted by Gasteiger charge is -2.21. The number of H-pyrrole nitrogens is 1. The summed E-state index contributed by atoms with van der Waals surface area (Å²) in [6.45, 7) is 2.23. The molecule has 0 bridgehead atoms. The van der Waals surface area contributed by atoms with E-state index in [1.54, 1.807) is 0 Å². The molecule has 0 radical (unpaired) electrons. The van der Waals surface area contributed by atoms with E-state index in [0.717, 1.165) is 42.3 Å². The van der Waals surface area contributed by atoms with Crippen molar-refractivity contribution in [2.75, 3.05) is 13.1 Å². The minimum atomic E-state index is 0.559. The van der Waals surface area contributed by atoms with Crippen LogP contribution in [0, 0.1) is 5.92 Å². The molecule has 18 heavy (non-hydrogen) atoms. The predicted molar refractivity (Wildman–Crippen MR) is 75.4 cm³/mol. The fraction of sp³-hybridized carbons (Fsp3) is 0.462. The van der Waals surface area contributed by atoms with E-state index in [1.807, 2.05) is 12.1 Å². The van der Waals surface area contributed by atoms with Crippen LogP contribution in [0.2, 0.25) is 10.0 Å². The van der Waals surface area contributed by atoms with E-state index in [2.05, 4.69) is 15.3 Å². The molecular weight excluding hydrogens is 269 g/mol. The van der Waals surface area contributed by atoms with Crippen molar-refractivity contribution in [2.45, 2.75) is 19.3 Å². The van der Waals surface area contributed by atoms with Gasteiger partial charge in [0.25, 0.3) is 0 Å². The number of fused-ring (bicyclic) bond motifs is 1. The Morgan fingerprint density at radius 3 is 2.67 bits per heavy atom. The molecule has 1 aromatic heterocycles. The first kappa shape index (κ1) is 12.3. The van der Waals surface area contributed by atoms with Gasteiger partial charge in [0.15, 0.2) is 0 Å². The zero-order chi connectivity index (χ0) is 12.5. The van der Waals surface area contributed by atoms with Crippen molar-refractivity contribution in [3.8, 4) is 0 Å². The smallest absolute Gasteiger partial charge is 0.107 e. The third-order valence-corrected chi connectivity index (χ3v) is 4.24. The molecule has 1 aliphatic rings. The number of imidazole rings is 1. The van der Waals surface area contributed by atoms with Gasteiger partial charge in [-0.05, 0) is 44.0 Å². The quantitative estimate of drug-likeness (QED) is 0.887. The first-order valence-corrected chi connectivity index (χ1v) is 7.02. The van der Waals surface area contributed by atoms with Gasteiger partial charge in [-0.15, -0.1) is 0 Å². The Bertz CT molecular complexity index is 520. The summed E-state index contributed by atoms with van der Waals surface area (Å²) in [7, 11) is 0. The van der Waals surface area contributed by atoms with E-state index < -0.39 is 0 Å². The Labute approximate surface area is 116 Å². The Morgan fingerprint density at radius 2 is 1.89 bits per heavy atom. The number of aromatic amines is 1. The highest BCUT2D eigenvalue weighted by molar-refractivity contribution is 6.42. The van der Waals surface area contributed by atoms with E-state index in [4.69, 9.17) is 23.2 Å². The SMILES string of the molecule is Clc1cc2nc(CC3CCNCC3)[nH]c2cc1Cl. The van der Waals surface area contributed by atoms with Crippen molar-refractivity contribution >= 4 is 34.2 Å². The number of nitrogens with zero attached hydrogens (tertiary/aromatic N) is 1. The Morgan fingerprint density at radius 1 is 1.17 bits per heavy atom. The molecule has 2 aromatic rings. The molecule has 1 aliphatic heterocycles. The standard InChI is InChI=1S/C13H15Cl2N3/c14-9-6-11-12(7-10(9)15)18-13(17-11)5-8-1-3-16-4-2-8/h6-8,16H,1-5H2,(H,17,18). The second-order valence-electron chi connectivity index (χ2n) is 4.86. The van der Waals surface area contributed by atoms with Gasteiger partial charge in [0.2, 0.25) is 0 Å². The Hall–Kier alpha value is -0.770. The predicted octanol–water partition coefficient (Wildman–Crippen LogP) is 3.41. The van der Waals surface area contributed by atoms with E-state index >= 15 is 0 Å². The zero-order valence-electron chi connectivity index (χ0n) is 9.97. The lowest BCUT2D eigenvalue weighted by atomic mass is 9.94. The second kappa shape index (κ2) is 5.08. The number of nitrogens with one attached hydrogen (secondary N) is 2. The van der Waals surface area contributed by atoms with Gasteiger partial charge in [-0.2, -0.15) is 0 Å². The summed E-state index contributed by atoms with van der Waals surface area (Å²) in [6, 6.07) is 3.67. The highest BCUT2D eigenvalue weighted by Crippen LogP contribution is 2.27. The average Bonchev–Trinajstić information content (AvgIpc) is 2.72. The summed E-state index contributed by atoms with van der Waals surface area (Å²) in [6.07, 6.45) is 3.45. The van der Waals surface area contributed by atoms with Crippen LogP contribution in [0.5, 0.6) is 0 Å². The molecule has 3 rings (SSSR count). The van der Waals surface area contributed by atoms with E-state index in [-0.39, 0.29) is 0 Å². The lowest BCUT2D eigenvalue weighted by molar-refractivity contribution is 0.368. The molecule has 1 fully saturated rings. The maximum atomic E-state index is 6.00. The summed E-state index contributed by atoms with van der Waals surface area (Å²) in [5, 5.41) is 4.51. The number of rotatable bonds is 2. The van der Waals surface area contributed by atoms with Crippen LogP contribution >= 0.6 is 23.2 Å². The van der Waals surface area contributed by atoms with Crippen molar-refractivity contribution in [3.05, 3.63) is 28.0 Å². The lowest BCUT2D eigenvalue weighted by Crippen LogP contribution is -2.28. The molecule has 1 saturated heterocycles. The largest absolute Gasteiger partial charge is 0.342 e. The topological polar surface area (TPSA) is 40.7 Å². The van der Waals surface area contributed by atoms with Crippen LogP contribution in [-0.2, 0) is 6.42 Å². The average molecular weight is 284 g/mol. The maximum absolute atomic E-state index is 6.00. The van der Waals surface area contributed by atoms with Crippen molar-refractivity contribution in [3.63, 3.8) is 0 Å². The zero-order valence-corrected chi connectivity index (χ0v) is 11.5. The molecule has 2 N–H and O–H groups in total. The molecule has 96 valence electrons. The van der Waals surface area contributed by atoms with Crippen LogP contribution in [0.15, 0.2) is 12.1 Å². The molecule has 5 heteroatoms. The normalized spacial score (nSPS) is 17.4. The Balaban J connectivity index is 1.84. The third kappa shape index (κ3) is 2.48. The monoisotopic (exact) mass is 283 g/mol. The van der Waals surface area contributed by atoms with Crippen LogP contribution < -0.4 is 5.32 Å². The van der Waals surface area contributed by atoms with Gasteiger partial charge >= 0.3 is 0 Å². The molecule has 0 aliphatic carbocycles. The van der Waals surface area contributed by atoms with Gasteiger partial charge in [-0.25, -0.2) is 4.98 Å². The van der Waals surface area contributed by atoms with Gasteiger partial charge in [-0.1, -0.05) is 23.2 Å². The highest BCUT2D eigenvalue weighted by Gasteiger charge is 2.15. The molecule has 1 aromatic carbocycles. The van der Waals surface area contributed by atoms with Gasteiger partial charge < -0.3 is 10.3 Å². The summed E-state index contributed by atoms with van der Waals surface area (Å²) in [5.41, 5.74) is 1.86. The molecule has 2 heterocycles. The highest BCUT2D eigenvalue weighted by atomic mass is 35.5. The van der Waals surface area contributed by atoms with Gasteiger partial charge in [0.1, 0.15) is 5.82 Å². The molecule has 0 spiro atoms. The molecule has 0 unspecified atom stereocenters. The van der Waals surface area contributed by atoms with Crippen molar-refractivity contribution in [1.29, 1.82) is 0 Å². The number of hydrogen-bond acceptors (Lipinski definition) is 2. The first-order chi connectivity index (χ1) is 8.72. The minimum absolute atomic E-state index is 0.559. The van der Waals surface area contributed by atoms with Gasteiger partial charge in [0, 0.05) is 6.42 Å². The van der Waals surface area contributed by atoms with E-state index in [0.29, 0.717) is 10.0 Å². The van der Waals surface area contributed by atoms with Crippen molar-refractivity contribution in [2.24, 2.45) is 5.92 Å². The number of benzene rings is 1. The molecular formula is C13H15Cl2N3. The Kier molecular flexibility index (Phi) is 3.46.